The molecule has 1 heterocycles. The number of hydrogen-bond acceptors (Lipinski definition) is 5. The minimum Gasteiger partial charge on any atom is -0.497 e. The smallest absolute Gasteiger partial charge is 0.220 e. The normalized spacial score (nSPS) is 18.0. The molecule has 1 aromatic rings. The Labute approximate surface area is 137 Å². The summed E-state index contributed by atoms with van der Waals surface area (Å²) in [5.74, 6) is 1.70. The molecule has 1 fully saturated rings. The van der Waals surface area contributed by atoms with Crippen LogP contribution in [0.15, 0.2) is 18.2 Å². The number of hydrogen-bond donors (Lipinski definition) is 2. The molecule has 0 aliphatic carbocycles. The second kappa shape index (κ2) is 8.74. The molecular weight excluding hydrogens is 294 g/mol. The highest BCUT2D eigenvalue weighted by atomic mass is 16.5. The number of ether oxygens (including phenoxy) is 2. The number of nitrogens with zero attached hydrogens (tertiary/aromatic N) is 1. The van der Waals surface area contributed by atoms with E-state index in [-0.39, 0.29) is 11.9 Å². The van der Waals surface area contributed by atoms with Crippen molar-refractivity contribution in [1.29, 1.82) is 0 Å². The lowest BCUT2D eigenvalue weighted by molar-refractivity contribution is -0.121. The molecule has 0 aromatic heterocycles. The highest BCUT2D eigenvalue weighted by molar-refractivity contribution is 5.76. The van der Waals surface area contributed by atoms with Gasteiger partial charge in [-0.05, 0) is 37.1 Å². The van der Waals surface area contributed by atoms with Gasteiger partial charge in [-0.1, -0.05) is 0 Å². The number of amides is 1. The van der Waals surface area contributed by atoms with Gasteiger partial charge in [0.1, 0.15) is 11.5 Å². The van der Waals surface area contributed by atoms with Gasteiger partial charge in [0.25, 0.3) is 0 Å². The molecule has 1 aliphatic heterocycles. The highest BCUT2D eigenvalue weighted by Gasteiger charge is 2.23. The van der Waals surface area contributed by atoms with E-state index in [4.69, 9.17) is 15.2 Å². The predicted molar refractivity (Wildman–Crippen MR) is 89.7 cm³/mol. The van der Waals surface area contributed by atoms with Crippen molar-refractivity contribution in [2.24, 2.45) is 5.73 Å². The molecule has 23 heavy (non-hydrogen) atoms. The summed E-state index contributed by atoms with van der Waals surface area (Å²) in [6.07, 6.45) is 2.24. The number of benzene rings is 1. The minimum atomic E-state index is 0.102. The highest BCUT2D eigenvalue weighted by Crippen LogP contribution is 2.24. The first-order valence-corrected chi connectivity index (χ1v) is 8.08. The third-order valence-corrected chi connectivity index (χ3v) is 4.06. The summed E-state index contributed by atoms with van der Waals surface area (Å²) in [5.41, 5.74) is 6.58. The van der Waals surface area contributed by atoms with Crippen molar-refractivity contribution in [2.45, 2.75) is 31.8 Å². The Kier molecular flexibility index (Phi) is 6.67. The van der Waals surface area contributed by atoms with Crippen molar-refractivity contribution in [3.05, 3.63) is 23.8 Å². The van der Waals surface area contributed by atoms with E-state index in [0.717, 1.165) is 49.5 Å². The third-order valence-electron chi connectivity index (χ3n) is 4.06. The van der Waals surface area contributed by atoms with Gasteiger partial charge in [-0.2, -0.15) is 0 Å². The number of carbonyl (C=O) groups is 1. The summed E-state index contributed by atoms with van der Waals surface area (Å²) < 4.78 is 10.6. The monoisotopic (exact) mass is 321 g/mol. The topological polar surface area (TPSA) is 76.8 Å². The fraction of sp³-hybridized carbons (Fsp3) is 0.588. The first-order chi connectivity index (χ1) is 11.1. The lowest BCUT2D eigenvalue weighted by atomic mass is 10.2. The van der Waals surface area contributed by atoms with Crippen LogP contribution in [0.1, 0.15) is 24.8 Å². The maximum atomic E-state index is 11.8. The molecule has 6 heteroatoms. The average Bonchev–Trinajstić information content (AvgIpc) is 2.99. The number of methoxy groups -OCH3 is 2. The zero-order chi connectivity index (χ0) is 16.7. The summed E-state index contributed by atoms with van der Waals surface area (Å²) in [6.45, 7) is 3.22. The zero-order valence-electron chi connectivity index (χ0n) is 14.0. The molecule has 0 radical (unpaired) electrons. The first kappa shape index (κ1) is 17.6. The number of rotatable bonds is 8. The molecular formula is C17H27N3O3. The van der Waals surface area contributed by atoms with Gasteiger partial charge in [0.05, 0.1) is 14.2 Å². The van der Waals surface area contributed by atoms with Crippen LogP contribution >= 0.6 is 0 Å². The molecule has 0 bridgehead atoms. The molecule has 1 atom stereocenters. The molecule has 0 saturated carbocycles. The quantitative estimate of drug-likeness (QED) is 0.751. The molecule has 128 valence electrons. The van der Waals surface area contributed by atoms with Crippen LogP contribution in [0.5, 0.6) is 11.5 Å². The van der Waals surface area contributed by atoms with E-state index < -0.39 is 0 Å². The van der Waals surface area contributed by atoms with E-state index >= 15 is 0 Å². The van der Waals surface area contributed by atoms with Crippen molar-refractivity contribution in [1.82, 2.24) is 10.2 Å². The van der Waals surface area contributed by atoms with E-state index in [9.17, 15) is 4.79 Å². The van der Waals surface area contributed by atoms with Crippen molar-refractivity contribution in [2.75, 3.05) is 33.9 Å². The van der Waals surface area contributed by atoms with Gasteiger partial charge in [-0.15, -0.1) is 0 Å². The largest absolute Gasteiger partial charge is 0.497 e. The van der Waals surface area contributed by atoms with Crippen LogP contribution in [0.2, 0.25) is 0 Å². The van der Waals surface area contributed by atoms with Crippen molar-refractivity contribution >= 4 is 5.91 Å². The summed E-state index contributed by atoms with van der Waals surface area (Å²) in [5, 5.41) is 3.09. The minimum absolute atomic E-state index is 0.102. The lowest BCUT2D eigenvalue weighted by Crippen LogP contribution is -2.37. The molecule has 2 rings (SSSR count). The Balaban J connectivity index is 1.86. The van der Waals surface area contributed by atoms with Crippen LogP contribution in [0.25, 0.3) is 0 Å². The van der Waals surface area contributed by atoms with Gasteiger partial charge in [0, 0.05) is 38.2 Å². The van der Waals surface area contributed by atoms with E-state index in [1.807, 2.05) is 18.2 Å². The molecule has 1 saturated heterocycles. The van der Waals surface area contributed by atoms with Crippen LogP contribution in [0.3, 0.4) is 0 Å². The van der Waals surface area contributed by atoms with Crippen LogP contribution in [0, 0.1) is 0 Å². The Bertz CT molecular complexity index is 500. The standard InChI is InChI=1S/C17H27N3O3/c1-22-15-8-13(9-16(10-15)23-2)11-20-7-5-14(12-20)19-17(21)4-3-6-18/h8-10,14H,3-7,11-12,18H2,1-2H3,(H,19,21). The van der Waals surface area contributed by atoms with E-state index in [1.165, 1.54) is 0 Å². The van der Waals surface area contributed by atoms with Gasteiger partial charge in [-0.3, -0.25) is 9.69 Å². The molecule has 6 nitrogen and oxygen atoms in total. The number of likely N-dealkylation sites (tertiary alicyclic amines) is 1. The number of nitrogens with one attached hydrogen (secondary N) is 1. The Morgan fingerprint density at radius 1 is 1.30 bits per heavy atom. The van der Waals surface area contributed by atoms with E-state index in [0.29, 0.717) is 13.0 Å². The van der Waals surface area contributed by atoms with E-state index in [1.54, 1.807) is 14.2 Å². The van der Waals surface area contributed by atoms with E-state index in [2.05, 4.69) is 10.2 Å². The maximum absolute atomic E-state index is 11.8. The molecule has 1 amide bonds. The fourth-order valence-electron chi connectivity index (χ4n) is 2.87. The van der Waals surface area contributed by atoms with Crippen LogP contribution in [0.4, 0.5) is 0 Å². The molecule has 1 aromatic carbocycles. The van der Waals surface area contributed by atoms with Crippen molar-refractivity contribution < 1.29 is 14.3 Å². The van der Waals surface area contributed by atoms with Gasteiger partial charge in [0.2, 0.25) is 5.91 Å². The average molecular weight is 321 g/mol. The van der Waals surface area contributed by atoms with Gasteiger partial charge in [-0.25, -0.2) is 0 Å². The van der Waals surface area contributed by atoms with Crippen LogP contribution in [-0.2, 0) is 11.3 Å². The first-order valence-electron chi connectivity index (χ1n) is 8.08. The Morgan fingerprint density at radius 3 is 2.61 bits per heavy atom. The molecule has 1 aliphatic rings. The summed E-state index contributed by atoms with van der Waals surface area (Å²) in [4.78, 5) is 14.1. The molecule has 1 unspecified atom stereocenters. The SMILES string of the molecule is COc1cc(CN2CCC(NC(=O)CCCN)C2)cc(OC)c1. The zero-order valence-corrected chi connectivity index (χ0v) is 14.0. The molecule has 0 spiro atoms. The van der Waals surface area contributed by atoms with Crippen molar-refractivity contribution in [3.63, 3.8) is 0 Å². The second-order valence-electron chi connectivity index (χ2n) is 5.90. The van der Waals surface area contributed by atoms with Crippen LogP contribution < -0.4 is 20.5 Å². The summed E-state index contributed by atoms with van der Waals surface area (Å²) in [7, 11) is 3.31. The van der Waals surface area contributed by atoms with Crippen LogP contribution in [-0.4, -0.2) is 50.7 Å². The number of nitrogens with two attached hydrogens (primary N) is 1. The Hall–Kier alpha value is -1.79. The predicted octanol–water partition coefficient (Wildman–Crippen LogP) is 1.13. The Morgan fingerprint density at radius 2 is 2.00 bits per heavy atom. The van der Waals surface area contributed by atoms with Gasteiger partial charge >= 0.3 is 0 Å². The molecule has 3 N–H and O–H groups in total. The fourth-order valence-corrected chi connectivity index (χ4v) is 2.87. The number of carbonyl (C=O) groups excluding carboxylic acids is 1. The second-order valence-corrected chi connectivity index (χ2v) is 5.90. The maximum Gasteiger partial charge on any atom is 0.220 e. The third kappa shape index (κ3) is 5.41. The lowest BCUT2D eigenvalue weighted by Gasteiger charge is -2.18. The summed E-state index contributed by atoms with van der Waals surface area (Å²) >= 11 is 0. The van der Waals surface area contributed by atoms with Gasteiger partial charge < -0.3 is 20.5 Å². The van der Waals surface area contributed by atoms with Crippen molar-refractivity contribution in [3.8, 4) is 11.5 Å². The summed E-state index contributed by atoms with van der Waals surface area (Å²) in [6, 6.07) is 6.15. The van der Waals surface area contributed by atoms with Gasteiger partial charge in [0.15, 0.2) is 0 Å².